The number of rotatable bonds is 16. The predicted octanol–water partition coefficient (Wildman–Crippen LogP) is 3.47. The Kier molecular flexibility index (Phi) is 12.7. The van der Waals surface area contributed by atoms with Gasteiger partial charge in [0.05, 0.1) is 6.61 Å². The third-order valence-electron chi connectivity index (χ3n) is 6.23. The number of ether oxygens (including phenoxy) is 2. The van der Waals surface area contributed by atoms with Gasteiger partial charge in [0.25, 0.3) is 0 Å². The first-order valence-electron chi connectivity index (χ1n) is 12.6. The molecule has 3 N–H and O–H groups in total. The Hall–Kier alpha value is -2.39. The van der Waals surface area contributed by atoms with Crippen molar-refractivity contribution in [1.82, 2.24) is 15.2 Å². The minimum atomic E-state index is -1.06. The lowest BCUT2D eigenvalue weighted by Crippen LogP contribution is -2.44. The zero-order chi connectivity index (χ0) is 24.8. The topological polar surface area (TPSA) is 113 Å². The number of amides is 1. The second-order valence-electron chi connectivity index (χ2n) is 8.80. The molecule has 0 aliphatic carbocycles. The molecule has 0 fully saturated rings. The van der Waals surface area contributed by atoms with Crippen LogP contribution in [0.4, 0.5) is 10.6 Å². The van der Waals surface area contributed by atoms with Crippen molar-refractivity contribution in [1.29, 1.82) is 0 Å². The van der Waals surface area contributed by atoms with Crippen LogP contribution in [0.5, 0.6) is 0 Å². The summed E-state index contributed by atoms with van der Waals surface area (Å²) in [6.45, 7) is 7.51. The summed E-state index contributed by atoms with van der Waals surface area (Å²) in [5.74, 6) is -0.0271. The number of carbonyl (C=O) groups is 2. The van der Waals surface area contributed by atoms with E-state index in [0.717, 1.165) is 56.7 Å². The van der Waals surface area contributed by atoms with Gasteiger partial charge in [-0.25, -0.2) is 14.6 Å². The minimum Gasteiger partial charge on any atom is -0.480 e. The van der Waals surface area contributed by atoms with Crippen molar-refractivity contribution < 1.29 is 24.2 Å². The number of carbonyl (C=O) groups excluding carboxylic acids is 1. The summed E-state index contributed by atoms with van der Waals surface area (Å²) in [7, 11) is 1.66. The number of alkyl carbamates (subject to hydrolysis) is 1. The monoisotopic (exact) mass is 478 g/mol. The molecule has 1 aromatic rings. The van der Waals surface area contributed by atoms with Gasteiger partial charge in [0.15, 0.2) is 0 Å². The number of fused-ring (bicyclic) bond motifs is 1. The number of nitrogens with one attached hydrogen (secondary N) is 2. The Bertz CT molecular complexity index is 757. The van der Waals surface area contributed by atoms with Crippen molar-refractivity contribution in [2.75, 3.05) is 45.2 Å². The number of unbranched alkanes of at least 4 members (excludes halogenated alkanes) is 1. The minimum absolute atomic E-state index is 0.201. The summed E-state index contributed by atoms with van der Waals surface area (Å²) in [4.78, 5) is 30.7. The van der Waals surface area contributed by atoms with E-state index >= 15 is 0 Å². The normalized spacial score (nSPS) is 13.9. The highest BCUT2D eigenvalue weighted by Gasteiger charge is 2.23. The molecule has 1 aliphatic heterocycles. The zero-order valence-corrected chi connectivity index (χ0v) is 21.0. The maximum Gasteiger partial charge on any atom is 0.408 e. The molecule has 9 heteroatoms. The summed E-state index contributed by atoms with van der Waals surface area (Å²) in [5, 5.41) is 15.4. The van der Waals surface area contributed by atoms with Crippen LogP contribution in [-0.4, -0.2) is 79.1 Å². The van der Waals surface area contributed by atoms with Crippen LogP contribution < -0.4 is 10.6 Å². The van der Waals surface area contributed by atoms with Gasteiger partial charge in [-0.1, -0.05) is 19.9 Å². The summed E-state index contributed by atoms with van der Waals surface area (Å²) >= 11 is 0. The van der Waals surface area contributed by atoms with E-state index in [1.165, 1.54) is 5.56 Å². The van der Waals surface area contributed by atoms with Crippen LogP contribution in [0.2, 0.25) is 0 Å². The molecule has 34 heavy (non-hydrogen) atoms. The zero-order valence-electron chi connectivity index (χ0n) is 21.0. The smallest absolute Gasteiger partial charge is 0.408 e. The van der Waals surface area contributed by atoms with E-state index in [2.05, 4.69) is 27.7 Å². The van der Waals surface area contributed by atoms with E-state index in [1.54, 1.807) is 7.11 Å². The average Bonchev–Trinajstić information content (AvgIpc) is 2.85. The number of aromatic nitrogens is 1. The van der Waals surface area contributed by atoms with Crippen LogP contribution in [0.1, 0.15) is 63.6 Å². The first kappa shape index (κ1) is 27.9. The van der Waals surface area contributed by atoms with E-state index in [0.29, 0.717) is 39.0 Å². The number of pyridine rings is 1. The largest absolute Gasteiger partial charge is 0.480 e. The SMILES string of the molecule is CCC(CC)OC(=O)N[C@@H](CCN(CCCCc1ccc2c(n1)NCCC2)CCOC)C(=O)O. The van der Waals surface area contributed by atoms with Gasteiger partial charge in [-0.05, 0) is 69.5 Å². The number of anilines is 1. The maximum atomic E-state index is 12.1. The number of aryl methyl sites for hydroxylation is 2. The number of aliphatic carboxylic acids is 1. The highest BCUT2D eigenvalue weighted by Crippen LogP contribution is 2.20. The maximum absolute atomic E-state index is 12.1. The van der Waals surface area contributed by atoms with Crippen molar-refractivity contribution >= 4 is 17.9 Å². The fourth-order valence-electron chi connectivity index (χ4n) is 4.06. The fraction of sp³-hybridized carbons (Fsp3) is 0.720. The van der Waals surface area contributed by atoms with Crippen LogP contribution >= 0.6 is 0 Å². The molecular formula is C25H42N4O5. The number of hydrogen-bond acceptors (Lipinski definition) is 7. The highest BCUT2D eigenvalue weighted by atomic mass is 16.6. The number of hydrogen-bond donors (Lipinski definition) is 3. The van der Waals surface area contributed by atoms with Gasteiger partial charge in [-0.3, -0.25) is 0 Å². The second kappa shape index (κ2) is 15.5. The van der Waals surface area contributed by atoms with Gasteiger partial charge < -0.3 is 30.1 Å². The van der Waals surface area contributed by atoms with Gasteiger partial charge in [0.1, 0.15) is 18.0 Å². The third-order valence-corrected chi connectivity index (χ3v) is 6.23. The van der Waals surface area contributed by atoms with Gasteiger partial charge >= 0.3 is 12.1 Å². The van der Waals surface area contributed by atoms with E-state index in [1.807, 2.05) is 13.8 Å². The van der Waals surface area contributed by atoms with Crippen molar-refractivity contribution in [2.24, 2.45) is 0 Å². The molecule has 0 saturated carbocycles. The number of nitrogens with zero attached hydrogens (tertiary/aromatic N) is 2. The summed E-state index contributed by atoms with van der Waals surface area (Å²) < 4.78 is 10.5. The molecule has 0 spiro atoms. The van der Waals surface area contributed by atoms with Gasteiger partial charge in [0, 0.05) is 32.4 Å². The quantitative estimate of drug-likeness (QED) is 0.310. The highest BCUT2D eigenvalue weighted by molar-refractivity contribution is 5.79. The first-order valence-corrected chi connectivity index (χ1v) is 12.6. The van der Waals surface area contributed by atoms with Crippen molar-refractivity contribution in [2.45, 2.75) is 77.4 Å². The first-order chi connectivity index (χ1) is 16.5. The van der Waals surface area contributed by atoms with Crippen LogP contribution in [0.25, 0.3) is 0 Å². The molecule has 1 aromatic heterocycles. The molecule has 0 saturated heterocycles. The van der Waals surface area contributed by atoms with Crippen LogP contribution in [0.15, 0.2) is 12.1 Å². The van der Waals surface area contributed by atoms with E-state index in [9.17, 15) is 14.7 Å². The molecule has 1 atom stereocenters. The Labute approximate surface area is 203 Å². The molecule has 192 valence electrons. The van der Waals surface area contributed by atoms with Gasteiger partial charge in [-0.2, -0.15) is 0 Å². The third kappa shape index (κ3) is 9.85. The molecule has 1 amide bonds. The average molecular weight is 479 g/mol. The molecule has 0 aromatic carbocycles. The Morgan fingerprint density at radius 1 is 1.21 bits per heavy atom. The molecule has 1 aliphatic rings. The lowest BCUT2D eigenvalue weighted by Gasteiger charge is -2.24. The lowest BCUT2D eigenvalue weighted by atomic mass is 10.1. The van der Waals surface area contributed by atoms with E-state index < -0.39 is 18.1 Å². The fourth-order valence-corrected chi connectivity index (χ4v) is 4.06. The van der Waals surface area contributed by atoms with E-state index in [-0.39, 0.29) is 6.10 Å². The summed E-state index contributed by atoms with van der Waals surface area (Å²) in [6.07, 6.45) is 5.95. The number of methoxy groups -OCH3 is 1. The summed E-state index contributed by atoms with van der Waals surface area (Å²) in [5.41, 5.74) is 2.40. The van der Waals surface area contributed by atoms with Crippen LogP contribution in [0.3, 0.4) is 0 Å². The van der Waals surface area contributed by atoms with Crippen molar-refractivity contribution in [3.8, 4) is 0 Å². The number of carboxylic acids is 1. The van der Waals surface area contributed by atoms with Crippen LogP contribution in [0, 0.1) is 0 Å². The molecule has 0 bridgehead atoms. The molecule has 0 unspecified atom stereocenters. The molecular weight excluding hydrogens is 436 g/mol. The van der Waals surface area contributed by atoms with E-state index in [4.69, 9.17) is 14.5 Å². The van der Waals surface area contributed by atoms with Gasteiger partial charge in [-0.15, -0.1) is 0 Å². The van der Waals surface area contributed by atoms with Gasteiger partial charge in [0.2, 0.25) is 0 Å². The molecule has 9 nitrogen and oxygen atoms in total. The van der Waals surface area contributed by atoms with Crippen LogP contribution in [-0.2, 0) is 27.1 Å². The Balaban J connectivity index is 1.79. The lowest BCUT2D eigenvalue weighted by molar-refractivity contribution is -0.139. The summed E-state index contributed by atoms with van der Waals surface area (Å²) in [6, 6.07) is 3.32. The predicted molar refractivity (Wildman–Crippen MR) is 132 cm³/mol. The van der Waals surface area contributed by atoms with Crippen molar-refractivity contribution in [3.63, 3.8) is 0 Å². The standard InChI is InChI=1S/C25H42N4O5/c1-4-21(5-2)34-25(32)28-22(24(30)31)13-16-29(17-18-33-3)15-7-6-10-20-12-11-19-9-8-14-26-23(19)27-20/h11-12,21-22H,4-10,13-18H2,1-3H3,(H,26,27)(H,28,32)(H,30,31)/t22-/m0/s1. The molecule has 0 radical (unpaired) electrons. The van der Waals surface area contributed by atoms with Crippen molar-refractivity contribution in [3.05, 3.63) is 23.4 Å². The molecule has 2 rings (SSSR count). The Morgan fingerprint density at radius 3 is 2.71 bits per heavy atom. The Morgan fingerprint density at radius 2 is 2.00 bits per heavy atom. The number of carboxylic acid groups (broad SMARTS) is 1. The second-order valence-corrected chi connectivity index (χ2v) is 8.80. The molecule has 2 heterocycles.